The zero-order valence-electron chi connectivity index (χ0n) is 15.7. The molecule has 0 aromatic heterocycles. The van der Waals surface area contributed by atoms with Gasteiger partial charge in [-0.25, -0.2) is 0 Å². The predicted octanol–water partition coefficient (Wildman–Crippen LogP) is 4.21. The molecule has 0 unspecified atom stereocenters. The Morgan fingerprint density at radius 2 is 0.968 bits per heavy atom. The number of carbonyl (C=O) groups excluding carboxylic acids is 2. The van der Waals surface area contributed by atoms with Crippen molar-refractivity contribution < 1.29 is 56.4 Å². The van der Waals surface area contributed by atoms with Crippen LogP contribution < -0.4 is 0 Å². The monoisotopic (exact) mass is 452 g/mol. The minimum absolute atomic E-state index is 0.464. The highest BCUT2D eigenvalue weighted by Gasteiger charge is 2.42. The van der Waals surface area contributed by atoms with Crippen LogP contribution >= 0.6 is 0 Å². The van der Waals surface area contributed by atoms with E-state index in [4.69, 9.17) is 0 Å². The van der Waals surface area contributed by atoms with Crippen LogP contribution in [0, 0.1) is 13.8 Å². The number of aromatic hydroxyl groups is 4. The molecule has 0 amide bonds. The molecule has 0 spiro atoms. The molecular weight excluding hydrogens is 438 g/mol. The molecule has 4 N–H and O–H groups in total. The van der Waals surface area contributed by atoms with Gasteiger partial charge in [-0.2, -0.15) is 26.3 Å². The molecule has 0 aliphatic heterocycles. The molecule has 6 nitrogen and oxygen atoms in total. The Labute approximate surface area is 170 Å². The topological polar surface area (TPSA) is 115 Å². The largest absolute Gasteiger partial charge is 0.507 e. The van der Waals surface area contributed by atoms with E-state index in [1.807, 2.05) is 0 Å². The Bertz CT molecular complexity index is 1000. The number of phenolic OH excluding ortho intramolecular Hbond substituents is 4. The van der Waals surface area contributed by atoms with E-state index in [0.29, 0.717) is 12.1 Å². The summed E-state index contributed by atoms with van der Waals surface area (Å²) in [4.78, 5) is 23.1. The van der Waals surface area contributed by atoms with Gasteiger partial charge in [0.15, 0.2) is 0 Å². The Balaban J connectivity index is 2.69. The van der Waals surface area contributed by atoms with Crippen molar-refractivity contribution >= 4 is 11.6 Å². The maximum atomic E-state index is 12.8. The Kier molecular flexibility index (Phi) is 5.90. The molecule has 31 heavy (non-hydrogen) atoms. The summed E-state index contributed by atoms with van der Waals surface area (Å²) in [5, 5.41) is 39.9. The maximum Gasteiger partial charge on any atom is 0.455 e. The van der Waals surface area contributed by atoms with E-state index in [0.717, 1.165) is 13.8 Å². The fraction of sp³-hybridized carbons (Fsp3) is 0.263. The molecule has 0 fully saturated rings. The van der Waals surface area contributed by atoms with E-state index in [2.05, 4.69) is 0 Å². The molecule has 0 heterocycles. The Morgan fingerprint density at radius 3 is 1.23 bits per heavy atom. The molecule has 2 rings (SSSR count). The normalized spacial score (nSPS) is 12.1. The number of benzene rings is 2. The summed E-state index contributed by atoms with van der Waals surface area (Å²) in [6.45, 7) is 1.98. The van der Waals surface area contributed by atoms with Gasteiger partial charge in [-0.15, -0.1) is 0 Å². The van der Waals surface area contributed by atoms with E-state index in [9.17, 15) is 56.4 Å². The first kappa shape index (κ1) is 23.8. The van der Waals surface area contributed by atoms with Gasteiger partial charge >= 0.3 is 12.4 Å². The second kappa shape index (κ2) is 7.67. The molecule has 2 aromatic rings. The summed E-state index contributed by atoms with van der Waals surface area (Å²) in [5.41, 5.74) is -4.42. The van der Waals surface area contributed by atoms with Gasteiger partial charge in [0.2, 0.25) is 0 Å². The Morgan fingerprint density at radius 1 is 0.677 bits per heavy atom. The molecule has 168 valence electrons. The summed E-state index contributed by atoms with van der Waals surface area (Å²) < 4.78 is 76.7. The fourth-order valence-electron chi connectivity index (χ4n) is 2.86. The lowest BCUT2D eigenvalue weighted by Gasteiger charge is -2.17. The number of alkyl halides is 6. The van der Waals surface area contributed by atoms with Crippen molar-refractivity contribution in [1.82, 2.24) is 0 Å². The van der Waals surface area contributed by atoms with Crippen LogP contribution in [-0.4, -0.2) is 44.3 Å². The van der Waals surface area contributed by atoms with Crippen LogP contribution in [0.25, 0.3) is 0 Å². The predicted molar refractivity (Wildman–Crippen MR) is 92.6 cm³/mol. The second-order valence-electron chi connectivity index (χ2n) is 6.64. The third kappa shape index (κ3) is 4.37. The molecule has 0 radical (unpaired) electrons. The van der Waals surface area contributed by atoms with Crippen LogP contribution in [0.15, 0.2) is 12.1 Å². The molecule has 2 aromatic carbocycles. The second-order valence-corrected chi connectivity index (χ2v) is 6.64. The summed E-state index contributed by atoms with van der Waals surface area (Å²) in [6.07, 6.45) is -11.5. The number of halogens is 6. The standard InChI is InChI=1S/C19H14F6O6/c1-6-12(26)8(4-10(14(6)28)16(30)18(20,21)22)3-9-5-11(17(31)19(23,24)25)15(29)7(2)13(9)27/h4-5,26-29H,3H2,1-2H3. The summed E-state index contributed by atoms with van der Waals surface area (Å²) in [7, 11) is 0. The maximum absolute atomic E-state index is 12.8. The molecule has 0 aliphatic carbocycles. The summed E-state index contributed by atoms with van der Waals surface area (Å²) in [5.74, 6) is -8.75. The highest BCUT2D eigenvalue weighted by atomic mass is 19.4. The van der Waals surface area contributed by atoms with Gasteiger partial charge in [0.1, 0.15) is 23.0 Å². The van der Waals surface area contributed by atoms with Gasteiger partial charge in [-0.3, -0.25) is 9.59 Å². The first-order chi connectivity index (χ1) is 14.0. The van der Waals surface area contributed by atoms with Crippen LogP contribution in [-0.2, 0) is 6.42 Å². The van der Waals surface area contributed by atoms with E-state index < -0.39 is 86.7 Å². The number of hydrogen-bond donors (Lipinski definition) is 4. The lowest BCUT2D eigenvalue weighted by molar-refractivity contribution is -0.0889. The van der Waals surface area contributed by atoms with Gasteiger partial charge < -0.3 is 20.4 Å². The van der Waals surface area contributed by atoms with Crippen molar-refractivity contribution in [2.24, 2.45) is 0 Å². The average molecular weight is 452 g/mol. The van der Waals surface area contributed by atoms with Crippen molar-refractivity contribution in [3.8, 4) is 23.0 Å². The molecule has 0 saturated carbocycles. The van der Waals surface area contributed by atoms with Crippen LogP contribution in [0.1, 0.15) is 43.0 Å². The molecule has 12 heteroatoms. The van der Waals surface area contributed by atoms with E-state index in [1.165, 1.54) is 0 Å². The third-order valence-electron chi connectivity index (χ3n) is 4.56. The van der Waals surface area contributed by atoms with Gasteiger partial charge in [-0.05, 0) is 37.1 Å². The SMILES string of the molecule is Cc1c(O)c(Cc2cc(C(=O)C(F)(F)F)c(O)c(C)c2O)cc(C(=O)C(F)(F)F)c1O. The van der Waals surface area contributed by atoms with Crippen molar-refractivity contribution in [1.29, 1.82) is 0 Å². The summed E-state index contributed by atoms with van der Waals surface area (Å²) in [6, 6.07) is 0.945. The van der Waals surface area contributed by atoms with E-state index in [1.54, 1.807) is 0 Å². The van der Waals surface area contributed by atoms with Crippen molar-refractivity contribution in [2.45, 2.75) is 32.6 Å². The summed E-state index contributed by atoms with van der Waals surface area (Å²) >= 11 is 0. The first-order valence-corrected chi connectivity index (χ1v) is 8.30. The van der Waals surface area contributed by atoms with E-state index in [-0.39, 0.29) is 0 Å². The molecule has 0 bridgehead atoms. The van der Waals surface area contributed by atoms with Crippen molar-refractivity contribution in [3.63, 3.8) is 0 Å². The van der Waals surface area contributed by atoms with Crippen molar-refractivity contribution in [2.75, 3.05) is 0 Å². The number of Topliss-reactive ketones (excluding diaryl/α,β-unsaturated/α-hetero) is 2. The minimum Gasteiger partial charge on any atom is -0.507 e. The molecule has 0 saturated heterocycles. The molecule has 0 atom stereocenters. The number of phenols is 4. The highest BCUT2D eigenvalue weighted by molar-refractivity contribution is 6.04. The lowest BCUT2D eigenvalue weighted by Crippen LogP contribution is -2.23. The average Bonchev–Trinajstić information content (AvgIpc) is 2.66. The molecule has 0 aliphatic rings. The Hall–Kier alpha value is -3.44. The van der Waals surface area contributed by atoms with Gasteiger partial charge in [0, 0.05) is 17.5 Å². The zero-order valence-corrected chi connectivity index (χ0v) is 15.7. The van der Waals surface area contributed by atoms with E-state index >= 15 is 0 Å². The third-order valence-corrected chi connectivity index (χ3v) is 4.56. The van der Waals surface area contributed by atoms with Gasteiger partial charge in [0.05, 0.1) is 11.1 Å². The number of ketones is 2. The zero-order chi connectivity index (χ0) is 24.0. The molecular formula is C19H14F6O6. The van der Waals surface area contributed by atoms with Crippen LogP contribution in [0.5, 0.6) is 23.0 Å². The number of hydrogen-bond acceptors (Lipinski definition) is 6. The lowest BCUT2D eigenvalue weighted by atomic mass is 9.92. The minimum atomic E-state index is -5.37. The quantitative estimate of drug-likeness (QED) is 0.408. The first-order valence-electron chi connectivity index (χ1n) is 8.30. The smallest absolute Gasteiger partial charge is 0.455 e. The van der Waals surface area contributed by atoms with Gasteiger partial charge in [0.25, 0.3) is 11.6 Å². The number of carbonyl (C=O) groups is 2. The van der Waals surface area contributed by atoms with Crippen LogP contribution in [0.2, 0.25) is 0 Å². The van der Waals surface area contributed by atoms with Crippen LogP contribution in [0.3, 0.4) is 0 Å². The van der Waals surface area contributed by atoms with Gasteiger partial charge in [-0.1, -0.05) is 0 Å². The van der Waals surface area contributed by atoms with Crippen molar-refractivity contribution in [3.05, 3.63) is 45.5 Å². The van der Waals surface area contributed by atoms with Crippen LogP contribution in [0.4, 0.5) is 26.3 Å². The number of rotatable bonds is 4. The fourth-order valence-corrected chi connectivity index (χ4v) is 2.86. The highest BCUT2D eigenvalue weighted by Crippen LogP contribution is 2.41.